The summed E-state index contributed by atoms with van der Waals surface area (Å²) in [6.45, 7) is 7.74. The smallest absolute Gasteiger partial charge is 0.266 e. The number of amidine groups is 1. The number of rotatable bonds is 7. The summed E-state index contributed by atoms with van der Waals surface area (Å²) in [7, 11) is 0. The number of amides is 1. The van der Waals surface area contributed by atoms with Crippen LogP contribution in [0.3, 0.4) is 0 Å². The lowest BCUT2D eigenvalue weighted by atomic mass is 10.2. The molecule has 132 valence electrons. The molecule has 0 aliphatic carbocycles. The van der Waals surface area contributed by atoms with Gasteiger partial charge in [0.05, 0.1) is 11.5 Å². The van der Waals surface area contributed by atoms with E-state index in [0.29, 0.717) is 36.1 Å². The van der Waals surface area contributed by atoms with Gasteiger partial charge in [0.25, 0.3) is 5.91 Å². The second kappa shape index (κ2) is 9.19. The molecule has 0 radical (unpaired) electrons. The first-order chi connectivity index (χ1) is 12.1. The summed E-state index contributed by atoms with van der Waals surface area (Å²) in [6, 6.07) is 5.53. The van der Waals surface area contributed by atoms with Crippen LogP contribution in [0.5, 0.6) is 11.5 Å². The Balaban J connectivity index is 2.31. The molecule has 0 atom stereocenters. The van der Waals surface area contributed by atoms with E-state index in [1.165, 1.54) is 11.8 Å². The number of ether oxygens (including phenoxy) is 2. The fourth-order valence-corrected chi connectivity index (χ4v) is 3.42. The molecule has 0 saturated carbocycles. The van der Waals surface area contributed by atoms with Crippen LogP contribution in [0.25, 0.3) is 6.08 Å². The number of carbonyl (C=O) groups is 1. The first kappa shape index (κ1) is 18.9. The third-order valence-corrected chi connectivity index (χ3v) is 4.42. The highest BCUT2D eigenvalue weighted by Gasteiger charge is 2.31. The number of terminal acetylenes is 1. The predicted molar refractivity (Wildman–Crippen MR) is 103 cm³/mol. The van der Waals surface area contributed by atoms with Crippen molar-refractivity contribution < 1.29 is 14.3 Å². The molecule has 1 aliphatic heterocycles. The number of nitrogens with zero attached hydrogens (tertiary/aromatic N) is 2. The standard InChI is InChI=1S/C19H22N2O3S/c1-5-11-24-15-10-9-14(12-16(15)23-8-4)13-17-18(22)21(7-3)19(25-17)20-6-2/h1,9-10,12-13H,6-8,11H2,2-4H3/b17-13+,20-19?. The minimum Gasteiger partial charge on any atom is -0.490 e. The molecule has 0 aromatic heterocycles. The van der Waals surface area contributed by atoms with Crippen molar-refractivity contribution in [3.05, 3.63) is 28.7 Å². The maximum Gasteiger partial charge on any atom is 0.266 e. The topological polar surface area (TPSA) is 51.1 Å². The van der Waals surface area contributed by atoms with Crippen LogP contribution >= 0.6 is 11.8 Å². The van der Waals surface area contributed by atoms with E-state index in [2.05, 4.69) is 10.9 Å². The Morgan fingerprint density at radius 2 is 2.08 bits per heavy atom. The average molecular weight is 358 g/mol. The van der Waals surface area contributed by atoms with Gasteiger partial charge in [-0.3, -0.25) is 14.7 Å². The van der Waals surface area contributed by atoms with E-state index in [0.717, 1.165) is 10.7 Å². The van der Waals surface area contributed by atoms with Gasteiger partial charge in [-0.05, 0) is 56.3 Å². The second-order valence-electron chi connectivity index (χ2n) is 5.05. The minimum absolute atomic E-state index is 0.0229. The molecule has 0 unspecified atom stereocenters. The van der Waals surface area contributed by atoms with Gasteiger partial charge in [0.2, 0.25) is 0 Å². The summed E-state index contributed by atoms with van der Waals surface area (Å²) in [5.74, 6) is 3.62. The Kier molecular flexibility index (Phi) is 6.96. The number of aliphatic imine (C=N–C) groups is 1. The molecule has 0 spiro atoms. The molecule has 0 bridgehead atoms. The highest BCUT2D eigenvalue weighted by Crippen LogP contribution is 2.34. The molecule has 1 amide bonds. The maximum absolute atomic E-state index is 12.5. The van der Waals surface area contributed by atoms with E-state index in [1.54, 1.807) is 11.0 Å². The van der Waals surface area contributed by atoms with Crippen LogP contribution in [0.2, 0.25) is 0 Å². The lowest BCUT2D eigenvalue weighted by Crippen LogP contribution is -2.28. The molecular weight excluding hydrogens is 336 g/mol. The first-order valence-corrected chi connectivity index (χ1v) is 9.05. The van der Waals surface area contributed by atoms with Crippen LogP contribution in [-0.4, -0.2) is 42.3 Å². The number of carbonyl (C=O) groups excluding carboxylic acids is 1. The molecule has 0 N–H and O–H groups in total. The lowest BCUT2D eigenvalue weighted by Gasteiger charge is -2.12. The van der Waals surface area contributed by atoms with Crippen LogP contribution in [0, 0.1) is 12.3 Å². The molecular formula is C19H22N2O3S. The summed E-state index contributed by atoms with van der Waals surface area (Å²) in [5, 5.41) is 0.750. The van der Waals surface area contributed by atoms with Gasteiger partial charge in [-0.25, -0.2) is 0 Å². The summed E-state index contributed by atoms with van der Waals surface area (Å²) >= 11 is 1.40. The van der Waals surface area contributed by atoms with Gasteiger partial charge in [-0.2, -0.15) is 0 Å². The zero-order valence-corrected chi connectivity index (χ0v) is 15.6. The van der Waals surface area contributed by atoms with E-state index in [1.807, 2.05) is 39.0 Å². The minimum atomic E-state index is -0.0229. The molecule has 1 aliphatic rings. The van der Waals surface area contributed by atoms with Crippen molar-refractivity contribution in [1.29, 1.82) is 0 Å². The quantitative estimate of drug-likeness (QED) is 0.554. The Bertz CT molecular complexity index is 735. The number of likely N-dealkylation sites (N-methyl/N-ethyl adjacent to an activating group) is 1. The van der Waals surface area contributed by atoms with Crippen molar-refractivity contribution in [2.45, 2.75) is 20.8 Å². The van der Waals surface area contributed by atoms with Crippen molar-refractivity contribution in [2.75, 3.05) is 26.3 Å². The normalized spacial score (nSPS) is 17.2. The Labute approximate surface area is 153 Å². The molecule has 1 aromatic rings. The van der Waals surface area contributed by atoms with Crippen molar-refractivity contribution in [3.63, 3.8) is 0 Å². The summed E-state index contributed by atoms with van der Waals surface area (Å²) in [5.41, 5.74) is 0.862. The fourth-order valence-electron chi connectivity index (χ4n) is 2.31. The summed E-state index contributed by atoms with van der Waals surface area (Å²) in [6.07, 6.45) is 7.09. The van der Waals surface area contributed by atoms with Crippen LogP contribution in [-0.2, 0) is 4.79 Å². The molecule has 5 nitrogen and oxygen atoms in total. The van der Waals surface area contributed by atoms with Crippen LogP contribution in [0.15, 0.2) is 28.1 Å². The van der Waals surface area contributed by atoms with Crippen molar-refractivity contribution >= 4 is 28.9 Å². The van der Waals surface area contributed by atoms with Crippen molar-refractivity contribution in [3.8, 4) is 23.8 Å². The zero-order chi connectivity index (χ0) is 18.2. The van der Waals surface area contributed by atoms with Gasteiger partial charge < -0.3 is 9.47 Å². The molecule has 1 heterocycles. The average Bonchev–Trinajstić information content (AvgIpc) is 2.89. The predicted octanol–water partition coefficient (Wildman–Crippen LogP) is 3.41. The Morgan fingerprint density at radius 1 is 1.28 bits per heavy atom. The lowest BCUT2D eigenvalue weighted by molar-refractivity contribution is -0.122. The third-order valence-electron chi connectivity index (χ3n) is 3.37. The largest absolute Gasteiger partial charge is 0.490 e. The molecule has 25 heavy (non-hydrogen) atoms. The molecule has 1 fully saturated rings. The fraction of sp³-hybridized carbons (Fsp3) is 0.368. The van der Waals surface area contributed by atoms with Gasteiger partial charge in [-0.1, -0.05) is 12.0 Å². The SMILES string of the molecule is C#CCOc1ccc(/C=C2/SC(=NCC)N(CC)C2=O)cc1OCC. The molecule has 2 rings (SSSR count). The van der Waals surface area contributed by atoms with Crippen LogP contribution < -0.4 is 9.47 Å². The van der Waals surface area contributed by atoms with E-state index in [4.69, 9.17) is 15.9 Å². The second-order valence-corrected chi connectivity index (χ2v) is 6.06. The summed E-state index contributed by atoms with van der Waals surface area (Å²) < 4.78 is 11.1. The first-order valence-electron chi connectivity index (χ1n) is 8.23. The Hall–Kier alpha value is -2.39. The molecule has 6 heteroatoms. The van der Waals surface area contributed by atoms with Gasteiger partial charge in [-0.15, -0.1) is 6.42 Å². The van der Waals surface area contributed by atoms with Crippen molar-refractivity contribution in [1.82, 2.24) is 4.90 Å². The van der Waals surface area contributed by atoms with Crippen molar-refractivity contribution in [2.24, 2.45) is 4.99 Å². The third kappa shape index (κ3) is 4.58. The van der Waals surface area contributed by atoms with E-state index in [-0.39, 0.29) is 12.5 Å². The number of thioether (sulfide) groups is 1. The van der Waals surface area contributed by atoms with E-state index in [9.17, 15) is 4.79 Å². The zero-order valence-electron chi connectivity index (χ0n) is 14.7. The monoisotopic (exact) mass is 358 g/mol. The Morgan fingerprint density at radius 3 is 2.72 bits per heavy atom. The summed E-state index contributed by atoms with van der Waals surface area (Å²) in [4.78, 5) is 19.3. The number of hydrogen-bond donors (Lipinski definition) is 0. The van der Waals surface area contributed by atoms with Gasteiger partial charge in [0.15, 0.2) is 16.7 Å². The van der Waals surface area contributed by atoms with Gasteiger partial charge in [0, 0.05) is 13.1 Å². The van der Waals surface area contributed by atoms with E-state index < -0.39 is 0 Å². The highest BCUT2D eigenvalue weighted by molar-refractivity contribution is 8.18. The van der Waals surface area contributed by atoms with Crippen LogP contribution in [0.4, 0.5) is 0 Å². The van der Waals surface area contributed by atoms with Gasteiger partial charge >= 0.3 is 0 Å². The van der Waals surface area contributed by atoms with Crippen LogP contribution in [0.1, 0.15) is 26.3 Å². The van der Waals surface area contributed by atoms with Gasteiger partial charge in [0.1, 0.15) is 6.61 Å². The molecule has 1 saturated heterocycles. The maximum atomic E-state index is 12.5. The molecule has 1 aromatic carbocycles. The van der Waals surface area contributed by atoms with E-state index >= 15 is 0 Å². The highest BCUT2D eigenvalue weighted by atomic mass is 32.2. The number of benzene rings is 1. The number of hydrogen-bond acceptors (Lipinski definition) is 5.